The summed E-state index contributed by atoms with van der Waals surface area (Å²) in [6.07, 6.45) is 17.9. The van der Waals surface area contributed by atoms with Gasteiger partial charge in [-0.25, -0.2) is 0 Å². The van der Waals surface area contributed by atoms with Gasteiger partial charge in [-0.2, -0.15) is 0 Å². The lowest BCUT2D eigenvalue weighted by Crippen LogP contribution is -1.82. The maximum absolute atomic E-state index is 10.1. The van der Waals surface area contributed by atoms with E-state index in [1.165, 1.54) is 51.4 Å². The molecule has 0 aliphatic carbocycles. The van der Waals surface area contributed by atoms with E-state index in [-0.39, 0.29) is 0 Å². The maximum Gasteiger partial charge on any atom is 0.119 e. The second-order valence-electron chi connectivity index (χ2n) is 4.14. The fourth-order valence-corrected chi connectivity index (χ4v) is 1.72. The average molecular weight is 210 g/mol. The van der Waals surface area contributed by atoms with Crippen molar-refractivity contribution in [1.82, 2.24) is 0 Å². The molecule has 0 aromatic heterocycles. The van der Waals surface area contributed by atoms with Crippen molar-refractivity contribution in [2.45, 2.75) is 71.1 Å². The van der Waals surface area contributed by atoms with Gasteiger partial charge in [-0.1, -0.05) is 50.7 Å². The van der Waals surface area contributed by atoms with Crippen LogP contribution in [0.15, 0.2) is 12.2 Å². The number of hydrogen-bond acceptors (Lipinski definition) is 1. The lowest BCUT2D eigenvalue weighted by atomic mass is 10.1. The molecule has 0 N–H and O–H groups in total. The lowest BCUT2D eigenvalue weighted by molar-refractivity contribution is -0.107. The Kier molecular flexibility index (Phi) is 12.9. The first-order chi connectivity index (χ1) is 7.41. The van der Waals surface area contributed by atoms with Crippen LogP contribution in [-0.4, -0.2) is 6.29 Å². The molecule has 15 heavy (non-hydrogen) atoms. The van der Waals surface area contributed by atoms with Crippen LogP contribution in [0.1, 0.15) is 71.1 Å². The Morgan fingerprint density at radius 2 is 1.20 bits per heavy atom. The molecule has 0 aliphatic rings. The molecule has 0 fully saturated rings. The van der Waals surface area contributed by atoms with Crippen molar-refractivity contribution >= 4 is 6.29 Å². The van der Waals surface area contributed by atoms with Crippen LogP contribution in [0, 0.1) is 0 Å². The van der Waals surface area contributed by atoms with Crippen LogP contribution in [0.2, 0.25) is 0 Å². The average Bonchev–Trinajstić information content (AvgIpc) is 2.26. The monoisotopic (exact) mass is 210 g/mol. The topological polar surface area (TPSA) is 17.1 Å². The molecule has 0 saturated carbocycles. The first kappa shape index (κ1) is 14.4. The van der Waals surface area contributed by atoms with Crippen LogP contribution < -0.4 is 0 Å². The molecule has 0 amide bonds. The molecule has 0 aromatic rings. The molecule has 0 heterocycles. The highest BCUT2D eigenvalue weighted by atomic mass is 16.1. The molecule has 0 aliphatic heterocycles. The highest BCUT2D eigenvalue weighted by molar-refractivity contribution is 5.48. The zero-order chi connectivity index (χ0) is 11.2. The third-order valence-electron chi connectivity index (χ3n) is 2.68. The van der Waals surface area contributed by atoms with Crippen LogP contribution >= 0.6 is 0 Å². The molecule has 0 rings (SSSR count). The Morgan fingerprint density at radius 3 is 1.67 bits per heavy atom. The predicted molar refractivity (Wildman–Crippen MR) is 67.0 cm³/mol. The first-order valence-electron chi connectivity index (χ1n) is 6.46. The van der Waals surface area contributed by atoms with Gasteiger partial charge in [0, 0.05) is 6.42 Å². The zero-order valence-corrected chi connectivity index (χ0v) is 10.2. The molecule has 0 spiro atoms. The van der Waals surface area contributed by atoms with Gasteiger partial charge in [0.1, 0.15) is 6.29 Å². The first-order valence-corrected chi connectivity index (χ1v) is 6.46. The van der Waals surface area contributed by atoms with E-state index in [1.54, 1.807) is 0 Å². The number of carbonyl (C=O) groups is 1. The molecule has 1 heteroatoms. The van der Waals surface area contributed by atoms with Crippen molar-refractivity contribution in [3.63, 3.8) is 0 Å². The maximum atomic E-state index is 10.1. The minimum absolute atomic E-state index is 0.753. The Bertz CT molecular complexity index is 149. The van der Waals surface area contributed by atoms with Gasteiger partial charge >= 0.3 is 0 Å². The van der Waals surface area contributed by atoms with E-state index in [1.807, 2.05) is 0 Å². The minimum atomic E-state index is 0.753. The summed E-state index contributed by atoms with van der Waals surface area (Å²) in [5, 5.41) is 0. The summed E-state index contributed by atoms with van der Waals surface area (Å²) in [7, 11) is 0. The van der Waals surface area contributed by atoms with Gasteiger partial charge in [-0.05, 0) is 26.2 Å². The Balaban J connectivity index is 2.89. The van der Waals surface area contributed by atoms with Crippen molar-refractivity contribution in [3.8, 4) is 0 Å². The summed E-state index contributed by atoms with van der Waals surface area (Å²) in [5.74, 6) is 0. The van der Waals surface area contributed by atoms with Gasteiger partial charge in [-0.3, -0.25) is 0 Å². The Morgan fingerprint density at radius 1 is 0.733 bits per heavy atom. The predicted octanol–water partition coefficient (Wildman–Crippen LogP) is 4.66. The van der Waals surface area contributed by atoms with E-state index in [0.29, 0.717) is 0 Å². The fraction of sp³-hybridized carbons (Fsp3) is 0.786. The molecule has 0 aromatic carbocycles. The van der Waals surface area contributed by atoms with Crippen LogP contribution in [0.5, 0.6) is 0 Å². The van der Waals surface area contributed by atoms with E-state index >= 15 is 0 Å². The molecule has 0 atom stereocenters. The Labute approximate surface area is 95.0 Å². The molecule has 0 radical (unpaired) electrons. The normalized spacial score (nSPS) is 11.0. The molecule has 0 bridgehead atoms. The van der Waals surface area contributed by atoms with Gasteiger partial charge in [0.15, 0.2) is 0 Å². The molecule has 0 saturated heterocycles. The van der Waals surface area contributed by atoms with E-state index in [4.69, 9.17) is 0 Å². The Hall–Kier alpha value is -0.590. The summed E-state index contributed by atoms with van der Waals surface area (Å²) in [6, 6.07) is 0. The van der Waals surface area contributed by atoms with Gasteiger partial charge in [0.2, 0.25) is 0 Å². The zero-order valence-electron chi connectivity index (χ0n) is 10.2. The van der Waals surface area contributed by atoms with Gasteiger partial charge in [-0.15, -0.1) is 0 Å². The number of unbranched alkanes of at least 4 members (excludes halogenated alkanes) is 9. The minimum Gasteiger partial charge on any atom is -0.303 e. The van der Waals surface area contributed by atoms with Crippen molar-refractivity contribution in [3.05, 3.63) is 12.2 Å². The van der Waals surface area contributed by atoms with Gasteiger partial charge in [0.05, 0.1) is 0 Å². The van der Waals surface area contributed by atoms with E-state index in [2.05, 4.69) is 19.1 Å². The van der Waals surface area contributed by atoms with Crippen molar-refractivity contribution in [2.24, 2.45) is 0 Å². The molecule has 88 valence electrons. The quantitative estimate of drug-likeness (QED) is 0.275. The van der Waals surface area contributed by atoms with Gasteiger partial charge in [0.25, 0.3) is 0 Å². The number of carbonyl (C=O) groups excluding carboxylic acids is 1. The molecular formula is C14H26O. The summed E-state index contributed by atoms with van der Waals surface area (Å²) in [4.78, 5) is 10.1. The third kappa shape index (κ3) is 13.4. The van der Waals surface area contributed by atoms with Crippen molar-refractivity contribution < 1.29 is 4.79 Å². The SMILES string of the molecule is CC=CCCCCCCCCCCC=O. The van der Waals surface area contributed by atoms with Crippen LogP contribution in [0.4, 0.5) is 0 Å². The number of hydrogen-bond donors (Lipinski definition) is 0. The number of allylic oxidation sites excluding steroid dienone is 2. The summed E-state index contributed by atoms with van der Waals surface area (Å²) >= 11 is 0. The van der Waals surface area contributed by atoms with Crippen molar-refractivity contribution in [2.75, 3.05) is 0 Å². The smallest absolute Gasteiger partial charge is 0.119 e. The largest absolute Gasteiger partial charge is 0.303 e. The van der Waals surface area contributed by atoms with Crippen LogP contribution in [0.25, 0.3) is 0 Å². The summed E-state index contributed by atoms with van der Waals surface area (Å²) < 4.78 is 0. The highest BCUT2D eigenvalue weighted by Crippen LogP contribution is 2.10. The summed E-state index contributed by atoms with van der Waals surface area (Å²) in [6.45, 7) is 2.08. The molecule has 1 nitrogen and oxygen atoms in total. The third-order valence-corrected chi connectivity index (χ3v) is 2.68. The van der Waals surface area contributed by atoms with E-state index < -0.39 is 0 Å². The highest BCUT2D eigenvalue weighted by Gasteiger charge is 1.91. The van der Waals surface area contributed by atoms with E-state index in [0.717, 1.165) is 19.1 Å². The number of rotatable bonds is 11. The summed E-state index contributed by atoms with van der Waals surface area (Å²) in [5.41, 5.74) is 0. The van der Waals surface area contributed by atoms with Gasteiger partial charge < -0.3 is 4.79 Å². The van der Waals surface area contributed by atoms with Crippen LogP contribution in [-0.2, 0) is 4.79 Å². The lowest BCUT2D eigenvalue weighted by Gasteiger charge is -2.00. The fourth-order valence-electron chi connectivity index (χ4n) is 1.72. The standard InChI is InChI=1S/C14H26O/c1-2-3-4-5-6-7-8-9-10-11-12-13-14-15/h2-3,14H,4-13H2,1H3. The van der Waals surface area contributed by atoms with Crippen LogP contribution in [0.3, 0.4) is 0 Å². The number of aldehydes is 1. The van der Waals surface area contributed by atoms with Crippen molar-refractivity contribution in [1.29, 1.82) is 0 Å². The van der Waals surface area contributed by atoms with E-state index in [9.17, 15) is 4.79 Å². The molecule has 0 unspecified atom stereocenters. The second-order valence-corrected chi connectivity index (χ2v) is 4.14. The second kappa shape index (κ2) is 13.4. The molecular weight excluding hydrogens is 184 g/mol.